The number of nitrogens with one attached hydrogen (secondary N) is 1. The van der Waals surface area contributed by atoms with Crippen molar-refractivity contribution in [1.29, 1.82) is 5.26 Å². The monoisotopic (exact) mass is 817 g/mol. The molecule has 6 aromatic rings. The highest BCUT2D eigenvalue weighted by Crippen LogP contribution is 2.42. The Morgan fingerprint density at radius 3 is 2.20 bits per heavy atom. The molecule has 1 aliphatic heterocycles. The van der Waals surface area contributed by atoms with Gasteiger partial charge in [0.1, 0.15) is 23.0 Å². The van der Waals surface area contributed by atoms with E-state index >= 15 is 0 Å². The van der Waals surface area contributed by atoms with Gasteiger partial charge in [0.25, 0.3) is 8.32 Å². The van der Waals surface area contributed by atoms with Gasteiger partial charge in [-0.15, -0.1) is 0 Å². The Kier molecular flexibility index (Phi) is 10.7. The van der Waals surface area contributed by atoms with Crippen LogP contribution in [0.15, 0.2) is 104 Å². The molecule has 2 saturated carbocycles. The van der Waals surface area contributed by atoms with E-state index in [1.807, 2.05) is 30.7 Å². The number of anilines is 1. The highest BCUT2D eigenvalue weighted by Gasteiger charge is 2.51. The normalized spacial score (nSPS) is 19.4. The van der Waals surface area contributed by atoms with E-state index in [-0.39, 0.29) is 22.4 Å². The van der Waals surface area contributed by atoms with Crippen LogP contribution in [0, 0.1) is 22.7 Å². The lowest BCUT2D eigenvalue weighted by molar-refractivity contribution is -0.133. The lowest BCUT2D eigenvalue weighted by Crippen LogP contribution is -2.67. The van der Waals surface area contributed by atoms with Crippen LogP contribution in [0.4, 0.5) is 5.82 Å². The van der Waals surface area contributed by atoms with Crippen LogP contribution in [-0.2, 0) is 9.22 Å². The third-order valence-corrected chi connectivity index (χ3v) is 18.7. The van der Waals surface area contributed by atoms with Crippen molar-refractivity contribution in [2.75, 3.05) is 24.6 Å². The quantitative estimate of drug-likeness (QED) is 0.125. The molecule has 0 atom stereocenters. The first-order valence-corrected chi connectivity index (χ1v) is 23.6. The second-order valence-corrected chi connectivity index (χ2v) is 22.5. The minimum atomic E-state index is -2.60. The number of benzene rings is 2. The van der Waals surface area contributed by atoms with E-state index in [4.69, 9.17) is 19.5 Å². The van der Waals surface area contributed by atoms with E-state index in [9.17, 15) is 10.1 Å². The van der Waals surface area contributed by atoms with Gasteiger partial charge < -0.3 is 14.6 Å². The van der Waals surface area contributed by atoms with Crippen molar-refractivity contribution in [3.8, 4) is 28.6 Å². The second-order valence-electron chi connectivity index (χ2n) is 18.2. The number of nitriles is 1. The molecular formula is C48H55N9O2Si. The van der Waals surface area contributed by atoms with Crippen molar-refractivity contribution in [3.05, 3.63) is 109 Å². The maximum Gasteiger partial charge on any atom is 0.261 e. The molecule has 1 N–H and O–H groups in total. The van der Waals surface area contributed by atoms with Gasteiger partial charge in [0, 0.05) is 49.3 Å². The molecule has 0 spiro atoms. The summed E-state index contributed by atoms with van der Waals surface area (Å²) < 4.78 is 11.1. The smallest absolute Gasteiger partial charge is 0.261 e. The fourth-order valence-electron chi connectivity index (χ4n) is 9.67. The first kappa shape index (κ1) is 39.8. The summed E-state index contributed by atoms with van der Waals surface area (Å²) in [6.07, 6.45) is 17.1. The van der Waals surface area contributed by atoms with Gasteiger partial charge in [0.2, 0.25) is 5.91 Å². The van der Waals surface area contributed by atoms with Crippen LogP contribution in [0.2, 0.25) is 5.04 Å². The van der Waals surface area contributed by atoms with Crippen LogP contribution < -0.4 is 20.6 Å². The lowest BCUT2D eigenvalue weighted by Gasteiger charge is -2.45. The molecule has 5 heterocycles. The number of aromatic nitrogens is 6. The molecule has 11 nitrogen and oxygen atoms in total. The number of piperidine rings is 1. The van der Waals surface area contributed by atoms with Crippen LogP contribution in [0.25, 0.3) is 28.0 Å². The topological polar surface area (TPSA) is 126 Å². The third kappa shape index (κ3) is 7.21. The molecule has 0 bridgehead atoms. The Hall–Kier alpha value is -5.64. The molecule has 60 heavy (non-hydrogen) atoms. The summed E-state index contributed by atoms with van der Waals surface area (Å²) in [5.41, 5.74) is 3.85. The zero-order valence-electron chi connectivity index (χ0n) is 35.2. The number of pyridine rings is 1. The first-order chi connectivity index (χ1) is 29.1. The Bertz CT molecular complexity index is 2450. The summed E-state index contributed by atoms with van der Waals surface area (Å²) in [6.45, 7) is 11.4. The minimum absolute atomic E-state index is 0.0617. The molecule has 0 radical (unpaired) electrons. The van der Waals surface area contributed by atoms with Gasteiger partial charge in [0.05, 0.1) is 41.4 Å². The number of amides is 1. The van der Waals surface area contributed by atoms with Crippen molar-refractivity contribution >= 4 is 35.9 Å². The largest absolute Gasteiger partial charge is 0.407 e. The molecule has 3 aliphatic rings. The molecule has 12 heteroatoms. The first-order valence-electron chi connectivity index (χ1n) is 21.7. The maximum atomic E-state index is 13.3. The summed E-state index contributed by atoms with van der Waals surface area (Å²) in [7, 11) is -2.60. The Morgan fingerprint density at radius 1 is 0.917 bits per heavy atom. The predicted octanol–water partition coefficient (Wildman–Crippen LogP) is 7.72. The van der Waals surface area contributed by atoms with E-state index in [2.05, 4.69) is 121 Å². The SMILES string of the molecule is CCC1(C(=O)NC2CCC2)CCN(c2ccc(-c3nc(-c4cnn(C5CC(CO[Si](c6ccccc6)(c6ccccc6)C(C)(C)C)C5)c4)cn4ncc(C#N)c34)cn2)CC1. The third-order valence-electron chi connectivity index (χ3n) is 13.7. The van der Waals surface area contributed by atoms with Crippen molar-refractivity contribution in [2.45, 2.75) is 96.2 Å². The van der Waals surface area contributed by atoms with Gasteiger partial charge >= 0.3 is 0 Å². The van der Waals surface area contributed by atoms with E-state index in [1.165, 1.54) is 16.8 Å². The molecule has 2 aromatic carbocycles. The van der Waals surface area contributed by atoms with Crippen molar-refractivity contribution in [2.24, 2.45) is 11.3 Å². The van der Waals surface area contributed by atoms with E-state index in [0.29, 0.717) is 35.3 Å². The van der Waals surface area contributed by atoms with E-state index in [0.717, 1.165) is 80.7 Å². The molecule has 9 rings (SSSR count). The van der Waals surface area contributed by atoms with Crippen LogP contribution in [0.1, 0.15) is 90.7 Å². The molecule has 2 aliphatic carbocycles. The molecule has 308 valence electrons. The fraction of sp³-hybridized carbons (Fsp3) is 0.417. The summed E-state index contributed by atoms with van der Waals surface area (Å²) in [4.78, 5) is 25.6. The molecule has 4 aromatic heterocycles. The molecule has 1 amide bonds. The van der Waals surface area contributed by atoms with Gasteiger partial charge in [-0.05, 0) is 84.8 Å². The number of hydrogen-bond acceptors (Lipinski definition) is 8. The number of hydrogen-bond donors (Lipinski definition) is 1. The highest BCUT2D eigenvalue weighted by molar-refractivity contribution is 6.99. The molecular weight excluding hydrogens is 763 g/mol. The van der Waals surface area contributed by atoms with Crippen molar-refractivity contribution in [1.82, 2.24) is 34.7 Å². The summed E-state index contributed by atoms with van der Waals surface area (Å²) in [5.74, 6) is 1.53. The number of carbonyl (C=O) groups excluding carboxylic acids is 1. The Morgan fingerprint density at radius 2 is 1.62 bits per heavy atom. The average molecular weight is 818 g/mol. The number of fused-ring (bicyclic) bond motifs is 1. The van der Waals surface area contributed by atoms with E-state index in [1.54, 1.807) is 10.7 Å². The number of rotatable bonds is 12. The van der Waals surface area contributed by atoms with Gasteiger partial charge in [0.15, 0.2) is 0 Å². The number of carbonyl (C=O) groups is 1. The Labute approximate surface area is 354 Å². The average Bonchev–Trinajstić information content (AvgIpc) is 3.91. The summed E-state index contributed by atoms with van der Waals surface area (Å²) in [6, 6.07) is 28.7. The molecule has 1 saturated heterocycles. The van der Waals surface area contributed by atoms with Gasteiger partial charge in [-0.1, -0.05) is 88.4 Å². The van der Waals surface area contributed by atoms with Crippen molar-refractivity contribution < 1.29 is 9.22 Å². The van der Waals surface area contributed by atoms with E-state index < -0.39 is 8.32 Å². The fourth-order valence-corrected chi connectivity index (χ4v) is 14.3. The standard InChI is InChI=1S/C48H55N9O2Si/c1-5-48(46(58)53-38-13-12-14-38)21-23-55(24-22-48)43-20-19-35(28-50-43)44-45-36(27-49)29-52-57(45)32-42(54-44)37-30-51-56(31-37)39-25-34(26-39)33-59-60(47(2,3)4,40-15-8-6-9-16-40)41-17-10-7-11-18-41/h6-11,15-20,28-32,34,38-39H,5,12-14,21-26,33H2,1-4H3,(H,53,58). The van der Waals surface area contributed by atoms with Gasteiger partial charge in [-0.25, -0.2) is 14.5 Å². The second kappa shape index (κ2) is 16.1. The van der Waals surface area contributed by atoms with Crippen molar-refractivity contribution in [3.63, 3.8) is 0 Å². The zero-order valence-corrected chi connectivity index (χ0v) is 36.2. The van der Waals surface area contributed by atoms with Crippen LogP contribution >= 0.6 is 0 Å². The zero-order chi connectivity index (χ0) is 41.5. The van der Waals surface area contributed by atoms with Crippen LogP contribution in [0.3, 0.4) is 0 Å². The molecule has 3 fully saturated rings. The van der Waals surface area contributed by atoms with Gasteiger partial charge in [-0.3, -0.25) is 9.48 Å². The highest BCUT2D eigenvalue weighted by atomic mass is 28.4. The van der Waals surface area contributed by atoms with Gasteiger partial charge in [-0.2, -0.15) is 15.5 Å². The predicted molar refractivity (Wildman–Crippen MR) is 237 cm³/mol. The Balaban J connectivity index is 0.899. The summed E-state index contributed by atoms with van der Waals surface area (Å²) >= 11 is 0. The minimum Gasteiger partial charge on any atom is -0.407 e. The maximum absolute atomic E-state index is 13.3. The number of nitrogens with zero attached hydrogens (tertiary/aromatic N) is 8. The molecule has 0 unspecified atom stereocenters. The summed E-state index contributed by atoms with van der Waals surface area (Å²) in [5, 5.41) is 25.3. The van der Waals surface area contributed by atoms with Crippen LogP contribution in [0.5, 0.6) is 0 Å². The van der Waals surface area contributed by atoms with Crippen LogP contribution in [-0.4, -0.2) is 69.3 Å². The lowest BCUT2D eigenvalue weighted by atomic mass is 9.74.